The molecule has 25 heavy (non-hydrogen) atoms. The number of benzene rings is 1. The summed E-state index contributed by atoms with van der Waals surface area (Å²) in [5.74, 6) is -4.62. The maximum atomic E-state index is 14.3. The third-order valence-corrected chi connectivity index (χ3v) is 5.10. The standard InChI is InChI=1S/C17H19FN2O5/c1-3-20-14(22)11-12(15(20)23)17(8-21,16(24)25-2)19-13(11)9-6-4-5-7-10(9)18/h4-7,11-13,19,21H,3,8H2,1-2H3/t11-,12+,13+,17-/m1/s1. The first-order valence-corrected chi connectivity index (χ1v) is 7.99. The third kappa shape index (κ3) is 2.28. The van der Waals surface area contributed by atoms with E-state index in [0.29, 0.717) is 0 Å². The van der Waals surface area contributed by atoms with Gasteiger partial charge >= 0.3 is 5.97 Å². The lowest BCUT2D eigenvalue weighted by Crippen LogP contribution is -2.58. The van der Waals surface area contributed by atoms with Gasteiger partial charge in [0.25, 0.3) is 0 Å². The van der Waals surface area contributed by atoms with Crippen LogP contribution >= 0.6 is 0 Å². The summed E-state index contributed by atoms with van der Waals surface area (Å²) in [5, 5.41) is 12.8. The highest BCUT2D eigenvalue weighted by Crippen LogP contribution is 2.49. The Hall–Kier alpha value is -2.32. The number of nitrogens with one attached hydrogen (secondary N) is 1. The van der Waals surface area contributed by atoms with Crippen LogP contribution in [0.5, 0.6) is 0 Å². The van der Waals surface area contributed by atoms with Gasteiger partial charge in [0.05, 0.1) is 25.6 Å². The number of halogens is 1. The molecule has 0 aliphatic carbocycles. The maximum Gasteiger partial charge on any atom is 0.329 e. The summed E-state index contributed by atoms with van der Waals surface area (Å²) in [6.07, 6.45) is 0. The number of esters is 1. The first-order chi connectivity index (χ1) is 11.9. The van der Waals surface area contributed by atoms with Crippen molar-refractivity contribution < 1.29 is 28.6 Å². The average Bonchev–Trinajstić information content (AvgIpc) is 3.09. The van der Waals surface area contributed by atoms with Crippen LogP contribution in [0.3, 0.4) is 0 Å². The highest BCUT2D eigenvalue weighted by molar-refractivity contribution is 6.09. The Morgan fingerprint density at radius 1 is 1.36 bits per heavy atom. The highest BCUT2D eigenvalue weighted by Gasteiger charge is 2.68. The van der Waals surface area contributed by atoms with E-state index in [4.69, 9.17) is 4.74 Å². The predicted molar refractivity (Wildman–Crippen MR) is 83.5 cm³/mol. The normalized spacial score (nSPS) is 31.4. The van der Waals surface area contributed by atoms with Gasteiger partial charge in [-0.15, -0.1) is 0 Å². The number of carbonyl (C=O) groups excluding carboxylic acids is 3. The molecule has 0 unspecified atom stereocenters. The molecule has 1 aromatic carbocycles. The molecule has 7 nitrogen and oxygen atoms in total. The molecular weight excluding hydrogens is 331 g/mol. The molecule has 2 aliphatic rings. The molecular formula is C17H19FN2O5. The number of likely N-dealkylation sites (tertiary alicyclic amines) is 1. The number of hydrogen-bond donors (Lipinski definition) is 2. The second kappa shape index (κ2) is 6.20. The molecule has 0 radical (unpaired) electrons. The Balaban J connectivity index is 2.17. The number of carbonyl (C=O) groups is 3. The van der Waals surface area contributed by atoms with E-state index in [0.717, 1.165) is 12.0 Å². The molecule has 3 rings (SSSR count). The second-order valence-electron chi connectivity index (χ2n) is 6.19. The fourth-order valence-corrected chi connectivity index (χ4v) is 3.95. The molecule has 2 fully saturated rings. The van der Waals surface area contributed by atoms with Gasteiger partial charge in [-0.3, -0.25) is 19.8 Å². The maximum absolute atomic E-state index is 14.3. The van der Waals surface area contributed by atoms with Gasteiger partial charge in [0, 0.05) is 18.2 Å². The van der Waals surface area contributed by atoms with Crippen molar-refractivity contribution in [2.24, 2.45) is 11.8 Å². The smallest absolute Gasteiger partial charge is 0.329 e. The van der Waals surface area contributed by atoms with Crippen LogP contribution in [-0.2, 0) is 19.1 Å². The van der Waals surface area contributed by atoms with Crippen molar-refractivity contribution >= 4 is 17.8 Å². The molecule has 0 spiro atoms. The molecule has 2 saturated heterocycles. The van der Waals surface area contributed by atoms with E-state index in [2.05, 4.69) is 5.32 Å². The van der Waals surface area contributed by atoms with Crippen LogP contribution in [-0.4, -0.2) is 53.6 Å². The lowest BCUT2D eigenvalue weighted by molar-refractivity contribution is -0.156. The Kier molecular flexibility index (Phi) is 4.34. The Bertz CT molecular complexity index is 740. The van der Waals surface area contributed by atoms with E-state index in [1.807, 2.05) is 0 Å². The van der Waals surface area contributed by atoms with Gasteiger partial charge in [0.2, 0.25) is 11.8 Å². The Morgan fingerprint density at radius 3 is 2.60 bits per heavy atom. The fourth-order valence-electron chi connectivity index (χ4n) is 3.95. The van der Waals surface area contributed by atoms with E-state index < -0.39 is 53.6 Å². The summed E-state index contributed by atoms with van der Waals surface area (Å²) in [4.78, 5) is 38.9. The highest BCUT2D eigenvalue weighted by atomic mass is 19.1. The molecule has 1 aromatic rings. The van der Waals surface area contributed by atoms with E-state index in [1.165, 1.54) is 18.2 Å². The predicted octanol–water partition coefficient (Wildman–Crippen LogP) is -0.00480. The van der Waals surface area contributed by atoms with Crippen LogP contribution in [0.1, 0.15) is 18.5 Å². The van der Waals surface area contributed by atoms with Crippen LogP contribution < -0.4 is 5.32 Å². The number of fused-ring (bicyclic) bond motifs is 1. The van der Waals surface area contributed by atoms with Crippen molar-refractivity contribution in [2.45, 2.75) is 18.5 Å². The molecule has 0 bridgehead atoms. The number of ether oxygens (including phenoxy) is 1. The van der Waals surface area contributed by atoms with Crippen LogP contribution in [0.2, 0.25) is 0 Å². The molecule has 2 aliphatic heterocycles. The molecule has 4 atom stereocenters. The minimum absolute atomic E-state index is 0.136. The number of aliphatic hydroxyl groups is 1. The van der Waals surface area contributed by atoms with Crippen LogP contribution in [0, 0.1) is 17.7 Å². The topological polar surface area (TPSA) is 95.9 Å². The van der Waals surface area contributed by atoms with Gasteiger partial charge in [-0.2, -0.15) is 0 Å². The van der Waals surface area contributed by atoms with Gasteiger partial charge in [0.1, 0.15) is 5.82 Å². The zero-order valence-electron chi connectivity index (χ0n) is 13.9. The van der Waals surface area contributed by atoms with Gasteiger partial charge in [-0.05, 0) is 13.0 Å². The first kappa shape index (κ1) is 17.5. The summed E-state index contributed by atoms with van der Waals surface area (Å²) in [5.41, 5.74) is -1.63. The van der Waals surface area contributed by atoms with E-state index in [1.54, 1.807) is 13.0 Å². The van der Waals surface area contributed by atoms with Crippen molar-refractivity contribution in [2.75, 3.05) is 20.3 Å². The SMILES string of the molecule is CCN1C(=O)[C@@H]2[C@@H](C1=O)[C@](CO)(C(=O)OC)N[C@H]2c1ccccc1F. The average molecular weight is 350 g/mol. The number of rotatable bonds is 4. The second-order valence-corrected chi connectivity index (χ2v) is 6.19. The molecule has 8 heteroatoms. The molecule has 2 N–H and O–H groups in total. The van der Waals surface area contributed by atoms with Crippen LogP contribution in [0.15, 0.2) is 24.3 Å². The van der Waals surface area contributed by atoms with Crippen molar-refractivity contribution in [1.82, 2.24) is 10.2 Å². The van der Waals surface area contributed by atoms with Crippen molar-refractivity contribution in [3.8, 4) is 0 Å². The number of imide groups is 1. The lowest BCUT2D eigenvalue weighted by Gasteiger charge is -2.30. The van der Waals surface area contributed by atoms with Gasteiger partial charge in [0.15, 0.2) is 5.54 Å². The molecule has 134 valence electrons. The summed E-state index contributed by atoms with van der Waals surface area (Å²) in [7, 11) is 1.13. The van der Waals surface area contributed by atoms with Gasteiger partial charge in [-0.1, -0.05) is 18.2 Å². The van der Waals surface area contributed by atoms with E-state index in [-0.39, 0.29) is 12.1 Å². The summed E-state index contributed by atoms with van der Waals surface area (Å²) in [6, 6.07) is 4.91. The molecule has 0 aromatic heterocycles. The number of amides is 2. The van der Waals surface area contributed by atoms with Gasteiger partial charge < -0.3 is 9.84 Å². The first-order valence-electron chi connectivity index (χ1n) is 7.99. The fraction of sp³-hybridized carbons (Fsp3) is 0.471. The van der Waals surface area contributed by atoms with Crippen molar-refractivity contribution in [3.05, 3.63) is 35.6 Å². The third-order valence-electron chi connectivity index (χ3n) is 5.10. The van der Waals surface area contributed by atoms with E-state index >= 15 is 0 Å². The molecule has 2 amide bonds. The van der Waals surface area contributed by atoms with Crippen molar-refractivity contribution in [1.29, 1.82) is 0 Å². The number of hydrogen-bond acceptors (Lipinski definition) is 6. The number of nitrogens with zero attached hydrogens (tertiary/aromatic N) is 1. The minimum Gasteiger partial charge on any atom is -0.468 e. The number of methoxy groups -OCH3 is 1. The number of aliphatic hydroxyl groups excluding tert-OH is 1. The van der Waals surface area contributed by atoms with Crippen molar-refractivity contribution in [3.63, 3.8) is 0 Å². The minimum atomic E-state index is -1.79. The van der Waals surface area contributed by atoms with E-state index in [9.17, 15) is 23.9 Å². The zero-order valence-corrected chi connectivity index (χ0v) is 13.9. The lowest BCUT2D eigenvalue weighted by atomic mass is 9.79. The Labute approximate surface area is 143 Å². The van der Waals surface area contributed by atoms with Crippen LogP contribution in [0.4, 0.5) is 4.39 Å². The summed E-state index contributed by atoms with van der Waals surface area (Å²) >= 11 is 0. The molecule has 0 saturated carbocycles. The van der Waals surface area contributed by atoms with Gasteiger partial charge in [-0.25, -0.2) is 9.18 Å². The molecule has 2 heterocycles. The zero-order chi connectivity index (χ0) is 18.4. The summed E-state index contributed by atoms with van der Waals surface area (Å²) in [6.45, 7) is 1.03. The monoisotopic (exact) mass is 350 g/mol. The van der Waals surface area contributed by atoms with Crippen LogP contribution in [0.25, 0.3) is 0 Å². The largest absolute Gasteiger partial charge is 0.468 e. The summed E-state index contributed by atoms with van der Waals surface area (Å²) < 4.78 is 19.1. The Morgan fingerprint density at radius 2 is 2.04 bits per heavy atom. The quantitative estimate of drug-likeness (QED) is 0.586.